The summed E-state index contributed by atoms with van der Waals surface area (Å²) in [5, 5.41) is 8.11. The molecule has 1 heterocycles. The smallest absolute Gasteiger partial charge is 0.253 e. The van der Waals surface area contributed by atoms with E-state index in [9.17, 15) is 4.79 Å². The lowest BCUT2D eigenvalue weighted by Crippen LogP contribution is -2.26. The van der Waals surface area contributed by atoms with Crippen molar-refractivity contribution < 1.29 is 4.79 Å². The Morgan fingerprint density at radius 3 is 2.95 bits per heavy atom. The third kappa shape index (κ3) is 3.79. The number of benzene rings is 1. The summed E-state index contributed by atoms with van der Waals surface area (Å²) in [5.74, 6) is -0.0493. The van der Waals surface area contributed by atoms with Gasteiger partial charge in [-0.25, -0.2) is 4.98 Å². The van der Waals surface area contributed by atoms with Gasteiger partial charge in [-0.1, -0.05) is 12.1 Å². The van der Waals surface area contributed by atoms with Gasteiger partial charge in [0, 0.05) is 30.6 Å². The first kappa shape index (κ1) is 13.5. The van der Waals surface area contributed by atoms with Gasteiger partial charge < -0.3 is 10.6 Å². The summed E-state index contributed by atoms with van der Waals surface area (Å²) >= 11 is 1.57. The van der Waals surface area contributed by atoms with Crippen LogP contribution < -0.4 is 10.6 Å². The summed E-state index contributed by atoms with van der Waals surface area (Å²) < 4.78 is 0. The van der Waals surface area contributed by atoms with E-state index in [0.717, 1.165) is 24.3 Å². The van der Waals surface area contributed by atoms with Crippen LogP contribution in [0.3, 0.4) is 0 Å². The lowest BCUT2D eigenvalue weighted by atomic mass is 10.1. The van der Waals surface area contributed by atoms with Crippen LogP contribution in [0, 0.1) is 0 Å². The fourth-order valence-corrected chi connectivity index (χ4v) is 2.38. The number of rotatable bonds is 6. The van der Waals surface area contributed by atoms with Crippen LogP contribution in [-0.2, 0) is 6.42 Å². The van der Waals surface area contributed by atoms with Crippen molar-refractivity contribution in [3.63, 3.8) is 0 Å². The van der Waals surface area contributed by atoms with Crippen molar-refractivity contribution in [2.45, 2.75) is 13.3 Å². The second-order valence-corrected chi connectivity index (χ2v) is 4.78. The van der Waals surface area contributed by atoms with Crippen LogP contribution in [0.15, 0.2) is 35.2 Å². The van der Waals surface area contributed by atoms with Crippen molar-refractivity contribution >= 4 is 22.9 Å². The molecule has 0 aliphatic carbocycles. The number of amides is 1. The van der Waals surface area contributed by atoms with Crippen molar-refractivity contribution in [3.05, 3.63) is 46.4 Å². The SMILES string of the molecule is CCNc1ccccc1C(=O)NCCc1cscn1. The highest BCUT2D eigenvalue weighted by molar-refractivity contribution is 7.07. The molecule has 1 amide bonds. The predicted molar refractivity (Wildman–Crippen MR) is 78.8 cm³/mol. The topological polar surface area (TPSA) is 54.0 Å². The standard InChI is InChI=1S/C14H17N3OS/c1-2-15-13-6-4-3-5-12(13)14(18)16-8-7-11-9-19-10-17-11/h3-6,9-10,15H,2,7-8H2,1H3,(H,16,18). The van der Waals surface area contributed by atoms with E-state index in [-0.39, 0.29) is 5.91 Å². The highest BCUT2D eigenvalue weighted by atomic mass is 32.1. The number of nitrogens with zero attached hydrogens (tertiary/aromatic N) is 1. The normalized spacial score (nSPS) is 10.2. The maximum Gasteiger partial charge on any atom is 0.253 e. The quantitative estimate of drug-likeness (QED) is 0.852. The van der Waals surface area contributed by atoms with E-state index in [0.29, 0.717) is 12.1 Å². The average molecular weight is 275 g/mol. The first-order chi connectivity index (χ1) is 9.31. The Morgan fingerprint density at radius 2 is 2.21 bits per heavy atom. The summed E-state index contributed by atoms with van der Waals surface area (Å²) in [5.41, 5.74) is 4.38. The van der Waals surface area contributed by atoms with Crippen LogP contribution in [0.1, 0.15) is 23.0 Å². The summed E-state index contributed by atoms with van der Waals surface area (Å²) in [6.45, 7) is 3.41. The lowest BCUT2D eigenvalue weighted by molar-refractivity contribution is 0.0955. The molecule has 0 bridgehead atoms. The Bertz CT molecular complexity index is 525. The minimum atomic E-state index is -0.0493. The molecule has 0 radical (unpaired) electrons. The van der Waals surface area contributed by atoms with Crippen molar-refractivity contribution in [1.82, 2.24) is 10.3 Å². The van der Waals surface area contributed by atoms with Gasteiger partial charge in [0.25, 0.3) is 5.91 Å². The van der Waals surface area contributed by atoms with Crippen LogP contribution in [0.25, 0.3) is 0 Å². The summed E-state index contributed by atoms with van der Waals surface area (Å²) in [6.07, 6.45) is 0.763. The van der Waals surface area contributed by atoms with Crippen LogP contribution in [-0.4, -0.2) is 24.0 Å². The Morgan fingerprint density at radius 1 is 1.37 bits per heavy atom. The fourth-order valence-electron chi connectivity index (χ4n) is 1.79. The molecule has 19 heavy (non-hydrogen) atoms. The van der Waals surface area contributed by atoms with Gasteiger partial charge in [-0.05, 0) is 19.1 Å². The van der Waals surface area contributed by atoms with Crippen molar-refractivity contribution in [3.8, 4) is 0 Å². The maximum atomic E-state index is 12.1. The van der Waals surface area contributed by atoms with Crippen LogP contribution in [0.4, 0.5) is 5.69 Å². The van der Waals surface area contributed by atoms with Crippen molar-refractivity contribution in [2.75, 3.05) is 18.4 Å². The predicted octanol–water partition coefficient (Wildman–Crippen LogP) is 2.55. The van der Waals surface area contributed by atoms with Crippen LogP contribution in [0.5, 0.6) is 0 Å². The number of anilines is 1. The molecule has 0 aliphatic heterocycles. The van der Waals surface area contributed by atoms with E-state index >= 15 is 0 Å². The van der Waals surface area contributed by atoms with E-state index in [2.05, 4.69) is 15.6 Å². The second kappa shape index (κ2) is 6.89. The molecule has 100 valence electrons. The molecule has 0 fully saturated rings. The number of carbonyl (C=O) groups is 1. The molecule has 0 aliphatic rings. The number of thiazole rings is 1. The third-order valence-corrected chi connectivity index (χ3v) is 3.32. The van der Waals surface area contributed by atoms with E-state index in [1.807, 2.05) is 36.6 Å². The molecule has 2 aromatic rings. The van der Waals surface area contributed by atoms with Gasteiger partial charge in [0.2, 0.25) is 0 Å². The highest BCUT2D eigenvalue weighted by Crippen LogP contribution is 2.14. The van der Waals surface area contributed by atoms with Gasteiger partial charge in [0.1, 0.15) is 0 Å². The molecule has 0 atom stereocenters. The van der Waals surface area contributed by atoms with E-state index < -0.39 is 0 Å². The largest absolute Gasteiger partial charge is 0.385 e. The molecule has 1 aromatic carbocycles. The van der Waals surface area contributed by atoms with Gasteiger partial charge in [0.15, 0.2) is 0 Å². The molecular formula is C14H17N3OS. The molecule has 5 heteroatoms. The minimum Gasteiger partial charge on any atom is -0.385 e. The van der Waals surface area contributed by atoms with Crippen molar-refractivity contribution in [1.29, 1.82) is 0 Å². The first-order valence-corrected chi connectivity index (χ1v) is 7.23. The minimum absolute atomic E-state index is 0.0493. The summed E-state index contributed by atoms with van der Waals surface area (Å²) in [7, 11) is 0. The molecule has 1 aromatic heterocycles. The van der Waals surface area contributed by atoms with Gasteiger partial charge in [-0.15, -0.1) is 11.3 Å². The maximum absolute atomic E-state index is 12.1. The zero-order valence-electron chi connectivity index (χ0n) is 10.8. The first-order valence-electron chi connectivity index (χ1n) is 6.29. The molecule has 0 spiro atoms. The second-order valence-electron chi connectivity index (χ2n) is 4.06. The number of hydrogen-bond acceptors (Lipinski definition) is 4. The zero-order chi connectivity index (χ0) is 13.5. The Hall–Kier alpha value is -1.88. The molecule has 4 nitrogen and oxygen atoms in total. The Labute approximate surface area is 116 Å². The van der Waals surface area contributed by atoms with Gasteiger partial charge in [-0.2, -0.15) is 0 Å². The van der Waals surface area contributed by atoms with Crippen molar-refractivity contribution in [2.24, 2.45) is 0 Å². The van der Waals surface area contributed by atoms with Crippen LogP contribution >= 0.6 is 11.3 Å². The molecule has 2 N–H and O–H groups in total. The number of nitrogens with one attached hydrogen (secondary N) is 2. The monoisotopic (exact) mass is 275 g/mol. The number of para-hydroxylation sites is 1. The molecule has 0 saturated heterocycles. The summed E-state index contributed by atoms with van der Waals surface area (Å²) in [6, 6.07) is 7.54. The lowest BCUT2D eigenvalue weighted by Gasteiger charge is -2.10. The van der Waals surface area contributed by atoms with E-state index in [1.54, 1.807) is 16.8 Å². The number of aromatic nitrogens is 1. The van der Waals surface area contributed by atoms with E-state index in [1.165, 1.54) is 0 Å². The Kier molecular flexibility index (Phi) is 4.92. The van der Waals surface area contributed by atoms with E-state index in [4.69, 9.17) is 0 Å². The number of carbonyl (C=O) groups excluding carboxylic acids is 1. The zero-order valence-corrected chi connectivity index (χ0v) is 11.7. The van der Waals surface area contributed by atoms with Crippen LogP contribution in [0.2, 0.25) is 0 Å². The van der Waals surface area contributed by atoms with Gasteiger partial charge >= 0.3 is 0 Å². The van der Waals surface area contributed by atoms with Gasteiger partial charge in [-0.3, -0.25) is 4.79 Å². The molecule has 2 rings (SSSR count). The average Bonchev–Trinajstić information content (AvgIpc) is 2.93. The third-order valence-electron chi connectivity index (χ3n) is 2.69. The Balaban J connectivity index is 1.92. The number of hydrogen-bond donors (Lipinski definition) is 2. The summed E-state index contributed by atoms with van der Waals surface area (Å²) in [4.78, 5) is 16.3. The molecular weight excluding hydrogens is 258 g/mol. The molecule has 0 unspecified atom stereocenters. The highest BCUT2D eigenvalue weighted by Gasteiger charge is 2.09. The van der Waals surface area contributed by atoms with Gasteiger partial charge in [0.05, 0.1) is 16.8 Å². The molecule has 0 saturated carbocycles. The fraction of sp³-hybridized carbons (Fsp3) is 0.286.